The molecule has 0 saturated carbocycles. The fourth-order valence-electron chi connectivity index (χ4n) is 0.396. The number of nitrogens with zero attached hydrogens (tertiary/aromatic N) is 2. The summed E-state index contributed by atoms with van der Waals surface area (Å²) in [5, 5.41) is 3.52. The van der Waals surface area contributed by atoms with Crippen molar-refractivity contribution in [3.05, 3.63) is 16.1 Å². The van der Waals surface area contributed by atoms with Gasteiger partial charge in [0.05, 0.1) is 5.03 Å². The molecule has 0 N–H and O–H groups in total. The molecule has 0 atom stereocenters. The van der Waals surface area contributed by atoms with Crippen molar-refractivity contribution in [2.24, 2.45) is 5.18 Å². The van der Waals surface area contributed by atoms with E-state index in [0.29, 0.717) is 0 Å². The van der Waals surface area contributed by atoms with Crippen LogP contribution in [0.25, 0.3) is 0 Å². The summed E-state index contributed by atoms with van der Waals surface area (Å²) in [4.78, 5) is 11.6. The van der Waals surface area contributed by atoms with Crippen LogP contribution in [0.5, 0.6) is 0 Å². The zero-order valence-corrected chi connectivity index (χ0v) is 6.60. The average Bonchev–Trinajstić information content (AvgIpc) is 1.82. The van der Waals surface area contributed by atoms with Crippen LogP contribution in [0, 0.1) is 4.91 Å². The molecule has 0 amide bonds. The Labute approximate surface area is 59.1 Å². The molecule has 0 saturated heterocycles. The van der Waals surface area contributed by atoms with Crippen LogP contribution in [0.1, 0.15) is 0 Å². The van der Waals surface area contributed by atoms with Crippen molar-refractivity contribution in [2.45, 2.75) is 0 Å². The van der Waals surface area contributed by atoms with Gasteiger partial charge in [-0.1, -0.05) is 0 Å². The molecule has 0 heterocycles. The summed E-state index contributed by atoms with van der Waals surface area (Å²) in [5.74, 6) is 0. The van der Waals surface area contributed by atoms with Crippen LogP contribution in [-0.2, 0) is 0 Å². The van der Waals surface area contributed by atoms with Crippen molar-refractivity contribution in [3.63, 3.8) is 0 Å². The molecule has 52 valence electrons. The van der Waals surface area contributed by atoms with Crippen LogP contribution in [0.4, 0.5) is 0 Å². The summed E-state index contributed by atoms with van der Waals surface area (Å²) < 4.78 is 0. The Balaban J connectivity index is 3.96. The fourth-order valence-corrected chi connectivity index (χ4v) is 0.909. The molecule has 0 aromatic heterocycles. The number of hydrogen-bond donors (Lipinski definition) is 0. The van der Waals surface area contributed by atoms with Crippen LogP contribution in [0.15, 0.2) is 16.4 Å². The molecule has 0 fully saturated rings. The highest BCUT2D eigenvalue weighted by Crippen LogP contribution is 2.12. The van der Waals surface area contributed by atoms with Gasteiger partial charge in [-0.15, -0.1) is 16.7 Å². The van der Waals surface area contributed by atoms with Gasteiger partial charge in [0.1, 0.15) is 6.20 Å². The maximum atomic E-state index is 9.71. The highest BCUT2D eigenvalue weighted by atomic mass is 32.2. The molecule has 0 spiro atoms. The summed E-state index contributed by atoms with van der Waals surface area (Å²) in [5.41, 5.74) is 0. The van der Waals surface area contributed by atoms with Gasteiger partial charge in [0.2, 0.25) is 0 Å². The van der Waals surface area contributed by atoms with Gasteiger partial charge in [-0.05, 0) is 11.4 Å². The van der Waals surface area contributed by atoms with Crippen molar-refractivity contribution in [1.82, 2.24) is 4.90 Å². The maximum Gasteiger partial charge on any atom is 0.101 e. The van der Waals surface area contributed by atoms with Gasteiger partial charge in [0.15, 0.2) is 0 Å². The highest BCUT2D eigenvalue weighted by Gasteiger charge is 1.94. The van der Waals surface area contributed by atoms with Crippen LogP contribution >= 0.6 is 11.8 Å². The Morgan fingerprint density at radius 2 is 2.22 bits per heavy atom. The molecular weight excluding hydrogens is 136 g/mol. The van der Waals surface area contributed by atoms with Crippen molar-refractivity contribution >= 4 is 11.8 Å². The Bertz CT molecular complexity index is 122. The van der Waals surface area contributed by atoms with E-state index in [-0.39, 0.29) is 0 Å². The molecule has 0 rings (SSSR count). The van der Waals surface area contributed by atoms with E-state index in [1.807, 2.05) is 25.3 Å². The zero-order chi connectivity index (χ0) is 7.28. The maximum absolute atomic E-state index is 9.71. The smallest absolute Gasteiger partial charge is 0.101 e. The lowest BCUT2D eigenvalue weighted by atomic mass is 10.8. The van der Waals surface area contributed by atoms with Gasteiger partial charge in [0, 0.05) is 14.1 Å². The summed E-state index contributed by atoms with van der Waals surface area (Å²) >= 11 is 1.50. The summed E-state index contributed by atoms with van der Waals surface area (Å²) in [6.45, 7) is 0. The first kappa shape index (κ1) is 8.49. The van der Waals surface area contributed by atoms with E-state index in [9.17, 15) is 4.91 Å². The fraction of sp³-hybridized carbons (Fsp3) is 0.600. The van der Waals surface area contributed by atoms with Gasteiger partial charge in [-0.3, -0.25) is 0 Å². The van der Waals surface area contributed by atoms with E-state index in [0.717, 1.165) is 5.03 Å². The molecule has 0 radical (unpaired) electrons. The second-order valence-electron chi connectivity index (χ2n) is 1.67. The second-order valence-corrected chi connectivity index (χ2v) is 2.50. The van der Waals surface area contributed by atoms with Crippen molar-refractivity contribution < 1.29 is 0 Å². The summed E-state index contributed by atoms with van der Waals surface area (Å²) in [7, 11) is 3.74. The lowest BCUT2D eigenvalue weighted by molar-refractivity contribution is 0.549. The Hall–Kier alpha value is -0.510. The van der Waals surface area contributed by atoms with Crippen LogP contribution in [-0.4, -0.2) is 25.3 Å². The third-order valence-corrected chi connectivity index (χ3v) is 1.70. The first-order valence-electron chi connectivity index (χ1n) is 2.46. The molecule has 0 aliphatic carbocycles. The van der Waals surface area contributed by atoms with Crippen LogP contribution < -0.4 is 0 Å². The Morgan fingerprint density at radius 1 is 1.67 bits per heavy atom. The molecule has 0 aliphatic rings. The largest absolute Gasteiger partial charge is 0.371 e. The average molecular weight is 146 g/mol. The van der Waals surface area contributed by atoms with Gasteiger partial charge in [0.25, 0.3) is 0 Å². The SMILES string of the molecule is CS/C(=C/N=O)N(C)C. The second kappa shape index (κ2) is 4.38. The van der Waals surface area contributed by atoms with E-state index < -0.39 is 0 Å². The summed E-state index contributed by atoms with van der Waals surface area (Å²) in [6.07, 6.45) is 3.20. The molecule has 9 heavy (non-hydrogen) atoms. The highest BCUT2D eigenvalue weighted by molar-refractivity contribution is 8.02. The van der Waals surface area contributed by atoms with Crippen LogP contribution in [0.2, 0.25) is 0 Å². The van der Waals surface area contributed by atoms with E-state index in [4.69, 9.17) is 0 Å². The number of hydrogen-bond acceptors (Lipinski definition) is 4. The molecule has 4 heteroatoms. The van der Waals surface area contributed by atoms with E-state index in [2.05, 4.69) is 5.18 Å². The van der Waals surface area contributed by atoms with Gasteiger partial charge in [-0.25, -0.2) is 0 Å². The minimum absolute atomic E-state index is 0.866. The van der Waals surface area contributed by atoms with E-state index in [1.54, 1.807) is 0 Å². The lowest BCUT2D eigenvalue weighted by Gasteiger charge is -2.11. The van der Waals surface area contributed by atoms with Crippen LogP contribution in [0.3, 0.4) is 0 Å². The van der Waals surface area contributed by atoms with E-state index in [1.165, 1.54) is 18.0 Å². The first-order valence-corrected chi connectivity index (χ1v) is 3.68. The molecule has 0 bridgehead atoms. The van der Waals surface area contributed by atoms with Gasteiger partial charge >= 0.3 is 0 Å². The Morgan fingerprint density at radius 3 is 2.33 bits per heavy atom. The molecule has 3 nitrogen and oxygen atoms in total. The molecule has 0 aromatic rings. The topological polar surface area (TPSA) is 32.7 Å². The number of rotatable bonds is 3. The molecule has 0 aromatic carbocycles. The zero-order valence-electron chi connectivity index (χ0n) is 5.79. The van der Waals surface area contributed by atoms with Gasteiger partial charge < -0.3 is 4.90 Å². The van der Waals surface area contributed by atoms with Crippen molar-refractivity contribution in [3.8, 4) is 0 Å². The van der Waals surface area contributed by atoms with Crippen molar-refractivity contribution in [1.29, 1.82) is 0 Å². The Kier molecular flexibility index (Phi) is 4.13. The number of nitroso groups, excluding NO2 is 1. The summed E-state index contributed by atoms with van der Waals surface area (Å²) in [6, 6.07) is 0. The third-order valence-electron chi connectivity index (χ3n) is 0.813. The van der Waals surface area contributed by atoms with Gasteiger partial charge in [-0.2, -0.15) is 0 Å². The minimum Gasteiger partial charge on any atom is -0.371 e. The standard InChI is InChI=1S/C5H10N2OS/c1-7(2)5(9-3)4-6-8/h4H,1-3H3/b5-4+. The predicted octanol–water partition coefficient (Wildman–Crippen LogP) is 1.48. The van der Waals surface area contributed by atoms with Crippen molar-refractivity contribution in [2.75, 3.05) is 20.4 Å². The third kappa shape index (κ3) is 3.13. The minimum atomic E-state index is 0.866. The first-order chi connectivity index (χ1) is 4.22. The predicted molar refractivity (Wildman–Crippen MR) is 41.1 cm³/mol. The molecule has 0 unspecified atom stereocenters. The normalized spacial score (nSPS) is 11.2. The monoisotopic (exact) mass is 146 g/mol. The van der Waals surface area contributed by atoms with E-state index >= 15 is 0 Å². The lowest BCUT2D eigenvalue weighted by Crippen LogP contribution is -2.07. The molecule has 0 aliphatic heterocycles. The quantitative estimate of drug-likeness (QED) is 0.565. The number of thioether (sulfide) groups is 1. The molecular formula is C5H10N2OS.